The van der Waals surface area contributed by atoms with Crippen molar-refractivity contribution in [3.05, 3.63) is 158 Å². The fourth-order valence-corrected chi connectivity index (χ4v) is 8.26. The Morgan fingerprint density at radius 3 is 1.78 bits per heavy atom. The normalized spacial score (nSPS) is 15.1. The first-order valence-electron chi connectivity index (χ1n) is 20.8. The maximum Gasteiger partial charge on any atom is 0.143 e. The minimum atomic E-state index is -0.502. The van der Waals surface area contributed by atoms with Crippen LogP contribution in [0, 0.1) is 0 Å². The lowest BCUT2D eigenvalue weighted by molar-refractivity contribution is 0.674. The van der Waals surface area contributed by atoms with Crippen LogP contribution in [0.25, 0.3) is 120 Å². The fraction of sp³-hybridized carbons (Fsp3) is 0. The molecule has 49 heavy (non-hydrogen) atoms. The third kappa shape index (κ3) is 3.29. The molecule has 0 fully saturated rings. The van der Waals surface area contributed by atoms with Crippen molar-refractivity contribution in [2.75, 3.05) is 0 Å². The fourth-order valence-electron chi connectivity index (χ4n) is 8.26. The molecule has 1 aromatic heterocycles. The molecule has 1 heteroatoms. The van der Waals surface area contributed by atoms with Crippen molar-refractivity contribution >= 4 is 97.3 Å². The molecule has 224 valence electrons. The van der Waals surface area contributed by atoms with Crippen LogP contribution in [0.5, 0.6) is 0 Å². The van der Waals surface area contributed by atoms with Gasteiger partial charge in [-0.25, -0.2) is 0 Å². The summed E-state index contributed by atoms with van der Waals surface area (Å²) in [4.78, 5) is 0. The molecule has 12 rings (SSSR count). The number of benzene rings is 11. The Kier molecular flexibility index (Phi) is 3.50. The molecule has 0 aliphatic rings. The van der Waals surface area contributed by atoms with E-state index in [1.807, 2.05) is 42.5 Å². The van der Waals surface area contributed by atoms with E-state index in [9.17, 15) is 5.48 Å². The average Bonchev–Trinajstić information content (AvgIpc) is 3.64. The monoisotopic (exact) mass is 627 g/mol. The predicted octanol–water partition coefficient (Wildman–Crippen LogP) is 13.9. The molecule has 11 aromatic carbocycles. The lowest BCUT2D eigenvalue weighted by Gasteiger charge is -2.16. The number of hydrogen-bond donors (Lipinski definition) is 0. The Balaban J connectivity index is 1.28. The van der Waals surface area contributed by atoms with Crippen molar-refractivity contribution in [3.8, 4) is 22.3 Å². The van der Waals surface area contributed by atoms with Crippen molar-refractivity contribution in [2.45, 2.75) is 0 Å². The number of hydrogen-bond acceptors (Lipinski definition) is 1. The van der Waals surface area contributed by atoms with Crippen LogP contribution in [0.4, 0.5) is 0 Å². The molecule has 1 heterocycles. The van der Waals surface area contributed by atoms with Gasteiger partial charge in [0.2, 0.25) is 0 Å². The summed E-state index contributed by atoms with van der Waals surface area (Å²) in [6.45, 7) is 0. The van der Waals surface area contributed by atoms with Gasteiger partial charge >= 0.3 is 0 Å². The molecule has 0 unspecified atom stereocenters. The third-order valence-electron chi connectivity index (χ3n) is 10.4. The zero-order valence-corrected chi connectivity index (χ0v) is 25.7. The summed E-state index contributed by atoms with van der Waals surface area (Å²) in [5, 5.41) is 10.5. The predicted molar refractivity (Wildman–Crippen MR) is 210 cm³/mol. The zero-order valence-electron chi connectivity index (χ0n) is 34.7. The molecular formula is C48H26O. The summed E-state index contributed by atoms with van der Waals surface area (Å²) in [7, 11) is 0. The molecule has 0 N–H and O–H groups in total. The van der Waals surface area contributed by atoms with Crippen LogP contribution in [0.1, 0.15) is 12.3 Å². The minimum Gasteiger partial charge on any atom is -0.455 e. The second-order valence-electron chi connectivity index (χ2n) is 12.8. The van der Waals surface area contributed by atoms with Gasteiger partial charge in [0.05, 0.1) is 12.3 Å². The highest BCUT2D eigenvalue weighted by molar-refractivity contribution is 6.30. The van der Waals surface area contributed by atoms with Gasteiger partial charge in [-0.2, -0.15) is 0 Å². The van der Waals surface area contributed by atoms with Crippen LogP contribution in [0.3, 0.4) is 0 Å². The molecule has 0 atom stereocenters. The van der Waals surface area contributed by atoms with E-state index in [4.69, 9.17) is 11.3 Å². The highest BCUT2D eigenvalue weighted by Gasteiger charge is 2.22. The topological polar surface area (TPSA) is 13.1 Å². The van der Waals surface area contributed by atoms with Crippen LogP contribution in [-0.4, -0.2) is 0 Å². The number of furan rings is 1. The summed E-state index contributed by atoms with van der Waals surface area (Å²) in [5.74, 6) is 0. The zero-order chi connectivity index (χ0) is 39.6. The van der Waals surface area contributed by atoms with Gasteiger partial charge in [0, 0.05) is 21.7 Å². The van der Waals surface area contributed by atoms with E-state index in [0.29, 0.717) is 16.7 Å². The number of fused-ring (bicyclic) bond motifs is 5. The molecule has 0 saturated carbocycles. The Morgan fingerprint density at radius 2 is 0.898 bits per heavy atom. The maximum atomic E-state index is 9.57. The highest BCUT2D eigenvalue weighted by atomic mass is 16.3. The van der Waals surface area contributed by atoms with E-state index in [0.717, 1.165) is 59.6 Å². The maximum absolute atomic E-state index is 9.57. The Morgan fingerprint density at radius 1 is 0.306 bits per heavy atom. The Hall–Kier alpha value is -6.44. The molecule has 0 bridgehead atoms. The molecule has 12 aromatic rings. The SMILES string of the molecule is [2H]c1c([2H])c2c([2H])c([2H])c3c([2H])c([2H])c(-c4ccc(-c5ccc6ccc7cccc8ccc5c6c78)c5c4oc4c6ccccc6ccc45)c4c([2H])c([2H])c(c1[2H])c2c34. The largest absolute Gasteiger partial charge is 0.455 e. The Labute approximate surface area is 293 Å². The quantitative estimate of drug-likeness (QED) is 0.174. The van der Waals surface area contributed by atoms with Gasteiger partial charge in [-0.3, -0.25) is 0 Å². The van der Waals surface area contributed by atoms with E-state index in [1.54, 1.807) is 0 Å². The molecular weight excluding hydrogens is 593 g/mol. The highest BCUT2D eigenvalue weighted by Crippen LogP contribution is 2.48. The van der Waals surface area contributed by atoms with E-state index in [2.05, 4.69) is 60.7 Å². The van der Waals surface area contributed by atoms with E-state index >= 15 is 0 Å². The molecule has 0 radical (unpaired) electrons. The minimum absolute atomic E-state index is 0.0617. The van der Waals surface area contributed by atoms with Crippen molar-refractivity contribution in [1.29, 1.82) is 0 Å². The second kappa shape index (κ2) is 9.13. The first-order valence-corrected chi connectivity index (χ1v) is 16.3. The summed E-state index contributed by atoms with van der Waals surface area (Å²) in [5.41, 5.74) is 3.49. The van der Waals surface area contributed by atoms with Gasteiger partial charge in [0.1, 0.15) is 11.2 Å². The van der Waals surface area contributed by atoms with E-state index in [1.165, 1.54) is 5.39 Å². The van der Waals surface area contributed by atoms with Gasteiger partial charge in [0.25, 0.3) is 0 Å². The summed E-state index contributed by atoms with van der Waals surface area (Å²) >= 11 is 0. The molecule has 0 amide bonds. The second-order valence-corrected chi connectivity index (χ2v) is 12.8. The van der Waals surface area contributed by atoms with Crippen LogP contribution in [0.2, 0.25) is 0 Å². The first kappa shape index (κ1) is 18.8. The van der Waals surface area contributed by atoms with Gasteiger partial charge in [0.15, 0.2) is 0 Å². The summed E-state index contributed by atoms with van der Waals surface area (Å²) in [6.07, 6.45) is 0. The molecule has 0 spiro atoms. The average molecular weight is 628 g/mol. The van der Waals surface area contributed by atoms with Crippen LogP contribution >= 0.6 is 0 Å². The van der Waals surface area contributed by atoms with E-state index in [-0.39, 0.29) is 62.1 Å². The molecule has 1 nitrogen and oxygen atoms in total. The number of rotatable bonds is 2. The van der Waals surface area contributed by atoms with Gasteiger partial charge < -0.3 is 4.42 Å². The van der Waals surface area contributed by atoms with Crippen molar-refractivity contribution in [2.24, 2.45) is 0 Å². The molecule has 0 saturated heterocycles. The van der Waals surface area contributed by atoms with Crippen LogP contribution in [0.15, 0.2) is 162 Å². The lowest BCUT2D eigenvalue weighted by atomic mass is 9.86. The van der Waals surface area contributed by atoms with Gasteiger partial charge in [-0.05, 0) is 98.8 Å². The van der Waals surface area contributed by atoms with Gasteiger partial charge in [-0.1, -0.05) is 145 Å². The summed E-state index contributed by atoms with van der Waals surface area (Å²) in [6, 6.07) is 31.5. The van der Waals surface area contributed by atoms with Crippen LogP contribution in [-0.2, 0) is 0 Å². The first-order chi connectivity index (χ1) is 28.1. The standard InChI is InChI=1S/C48H26O/c1-2-10-34-27(5-1)15-24-41-46-39(35-20-16-32-13-11-28-6-3-8-30-18-22-37(35)44(32)42(28)30)25-26-40(48(46)49-47(34)41)36-21-17-33-14-12-29-7-4-9-31-19-23-38(36)45(33)43(29)31/h1-26H/i4D,7D,9D,12D,14D,17D,19D,21D,23D. The summed E-state index contributed by atoms with van der Waals surface area (Å²) < 4.78 is 88.7. The van der Waals surface area contributed by atoms with Crippen molar-refractivity contribution < 1.29 is 16.8 Å². The van der Waals surface area contributed by atoms with Crippen molar-refractivity contribution in [3.63, 3.8) is 0 Å². The van der Waals surface area contributed by atoms with E-state index < -0.39 is 30.2 Å². The molecule has 0 aliphatic carbocycles. The van der Waals surface area contributed by atoms with Crippen molar-refractivity contribution in [1.82, 2.24) is 0 Å². The third-order valence-corrected chi connectivity index (χ3v) is 10.4. The lowest BCUT2D eigenvalue weighted by Crippen LogP contribution is -1.90. The smallest absolute Gasteiger partial charge is 0.143 e. The van der Waals surface area contributed by atoms with Gasteiger partial charge in [-0.15, -0.1) is 0 Å². The van der Waals surface area contributed by atoms with Crippen LogP contribution < -0.4 is 0 Å². The Bertz CT molecular complexity index is 3810. The molecule has 0 aliphatic heterocycles.